The Morgan fingerprint density at radius 2 is 2.00 bits per heavy atom. The van der Waals surface area contributed by atoms with Gasteiger partial charge in [0.15, 0.2) is 0 Å². The third-order valence-electron chi connectivity index (χ3n) is 2.75. The largest absolute Gasteiger partial charge is 0.379 e. The number of carbonyl (C=O) groups excluding carboxylic acids is 1. The minimum atomic E-state index is 0.0574. The van der Waals surface area contributed by atoms with Crippen LogP contribution in [0.3, 0.4) is 0 Å². The van der Waals surface area contributed by atoms with Crippen molar-refractivity contribution in [1.82, 2.24) is 10.2 Å². The highest BCUT2D eigenvalue weighted by molar-refractivity contribution is 5.73. The summed E-state index contributed by atoms with van der Waals surface area (Å²) in [6.45, 7) is 10.4. The van der Waals surface area contributed by atoms with Crippen LogP contribution in [0.25, 0.3) is 0 Å². The van der Waals surface area contributed by atoms with E-state index in [1.165, 1.54) is 0 Å². The molecule has 0 aliphatic carbocycles. The van der Waals surface area contributed by atoms with Gasteiger partial charge in [-0.3, -0.25) is 9.69 Å². The van der Waals surface area contributed by atoms with Gasteiger partial charge in [-0.05, 0) is 5.92 Å². The molecule has 15 heavy (non-hydrogen) atoms. The SMILES string of the molecule is CC(=O)NC(CN1CCOCC1)C(C)C. The van der Waals surface area contributed by atoms with E-state index < -0.39 is 0 Å². The Kier molecular flexibility index (Phi) is 5.05. The van der Waals surface area contributed by atoms with Gasteiger partial charge in [0.05, 0.1) is 13.2 Å². The molecule has 0 aromatic carbocycles. The summed E-state index contributed by atoms with van der Waals surface area (Å²) in [7, 11) is 0. The molecule has 1 N–H and O–H groups in total. The maximum Gasteiger partial charge on any atom is 0.217 e. The summed E-state index contributed by atoms with van der Waals surface area (Å²) in [6, 6.07) is 0.251. The molecular formula is C11H22N2O2. The Balaban J connectivity index is 2.38. The highest BCUT2D eigenvalue weighted by Crippen LogP contribution is 2.06. The molecule has 0 saturated carbocycles. The minimum Gasteiger partial charge on any atom is -0.379 e. The fraction of sp³-hybridized carbons (Fsp3) is 0.909. The maximum atomic E-state index is 11.0. The van der Waals surface area contributed by atoms with Crippen LogP contribution < -0.4 is 5.32 Å². The van der Waals surface area contributed by atoms with E-state index in [4.69, 9.17) is 4.74 Å². The van der Waals surface area contributed by atoms with E-state index in [9.17, 15) is 4.79 Å². The van der Waals surface area contributed by atoms with Crippen molar-refractivity contribution in [1.29, 1.82) is 0 Å². The van der Waals surface area contributed by atoms with Crippen LogP contribution >= 0.6 is 0 Å². The van der Waals surface area contributed by atoms with Crippen LogP contribution in [0.15, 0.2) is 0 Å². The second-order valence-corrected chi connectivity index (χ2v) is 4.46. The third-order valence-corrected chi connectivity index (χ3v) is 2.75. The summed E-state index contributed by atoms with van der Waals surface area (Å²) in [4.78, 5) is 13.4. The van der Waals surface area contributed by atoms with E-state index in [2.05, 4.69) is 24.1 Å². The molecule has 1 unspecified atom stereocenters. The van der Waals surface area contributed by atoms with Crippen LogP contribution in [0, 0.1) is 5.92 Å². The number of hydrogen-bond acceptors (Lipinski definition) is 3. The Morgan fingerprint density at radius 1 is 1.40 bits per heavy atom. The van der Waals surface area contributed by atoms with Crippen LogP contribution in [0.2, 0.25) is 0 Å². The predicted octanol–water partition coefficient (Wildman–Crippen LogP) is 0.479. The normalized spacial score (nSPS) is 20.3. The van der Waals surface area contributed by atoms with Crippen molar-refractivity contribution in [2.45, 2.75) is 26.8 Å². The summed E-state index contributed by atoms with van der Waals surface area (Å²) >= 11 is 0. The van der Waals surface area contributed by atoms with E-state index in [0.717, 1.165) is 32.8 Å². The van der Waals surface area contributed by atoms with Crippen molar-refractivity contribution < 1.29 is 9.53 Å². The molecule has 1 aliphatic rings. The maximum absolute atomic E-state index is 11.0. The van der Waals surface area contributed by atoms with E-state index in [0.29, 0.717) is 5.92 Å². The molecule has 1 atom stereocenters. The molecule has 1 saturated heterocycles. The van der Waals surface area contributed by atoms with Gasteiger partial charge in [0.1, 0.15) is 0 Å². The molecule has 0 aromatic heterocycles. The van der Waals surface area contributed by atoms with Gasteiger partial charge in [0.25, 0.3) is 0 Å². The number of nitrogens with zero attached hydrogens (tertiary/aromatic N) is 1. The number of nitrogens with one attached hydrogen (secondary N) is 1. The minimum absolute atomic E-state index is 0.0574. The van der Waals surface area contributed by atoms with Crippen LogP contribution in [0.1, 0.15) is 20.8 Å². The van der Waals surface area contributed by atoms with Gasteiger partial charge in [-0.15, -0.1) is 0 Å². The molecule has 1 heterocycles. The molecule has 0 aromatic rings. The fourth-order valence-corrected chi connectivity index (χ4v) is 1.75. The number of morpholine rings is 1. The van der Waals surface area contributed by atoms with Gasteiger partial charge in [-0.1, -0.05) is 13.8 Å². The number of amides is 1. The van der Waals surface area contributed by atoms with Crippen LogP contribution in [-0.2, 0) is 9.53 Å². The lowest BCUT2D eigenvalue weighted by atomic mass is 10.0. The molecule has 0 radical (unpaired) electrons. The second kappa shape index (κ2) is 6.08. The third kappa shape index (κ3) is 4.62. The first kappa shape index (κ1) is 12.5. The highest BCUT2D eigenvalue weighted by Gasteiger charge is 2.19. The number of carbonyl (C=O) groups is 1. The predicted molar refractivity (Wildman–Crippen MR) is 59.7 cm³/mol. The zero-order valence-electron chi connectivity index (χ0n) is 9.95. The standard InChI is InChI=1S/C11H22N2O2/c1-9(2)11(12-10(3)14)8-13-4-6-15-7-5-13/h9,11H,4-8H2,1-3H3,(H,12,14). The lowest BCUT2D eigenvalue weighted by molar-refractivity contribution is -0.120. The zero-order chi connectivity index (χ0) is 11.3. The smallest absolute Gasteiger partial charge is 0.217 e. The van der Waals surface area contributed by atoms with E-state index in [-0.39, 0.29) is 11.9 Å². The molecule has 4 nitrogen and oxygen atoms in total. The lowest BCUT2D eigenvalue weighted by Crippen LogP contribution is -2.49. The van der Waals surface area contributed by atoms with Gasteiger partial charge in [0.2, 0.25) is 5.91 Å². The average molecular weight is 214 g/mol. The van der Waals surface area contributed by atoms with Crippen LogP contribution in [0.5, 0.6) is 0 Å². The first-order valence-electron chi connectivity index (χ1n) is 5.67. The molecule has 4 heteroatoms. The number of ether oxygens (including phenoxy) is 1. The van der Waals surface area contributed by atoms with Gasteiger partial charge < -0.3 is 10.1 Å². The molecule has 1 fully saturated rings. The zero-order valence-corrected chi connectivity index (χ0v) is 9.95. The van der Waals surface area contributed by atoms with Gasteiger partial charge in [-0.25, -0.2) is 0 Å². The Morgan fingerprint density at radius 3 is 2.47 bits per heavy atom. The van der Waals surface area contributed by atoms with Crippen molar-refractivity contribution >= 4 is 5.91 Å². The van der Waals surface area contributed by atoms with Crippen molar-refractivity contribution in [3.63, 3.8) is 0 Å². The first-order chi connectivity index (χ1) is 7.09. The van der Waals surface area contributed by atoms with Crippen LogP contribution in [-0.4, -0.2) is 49.7 Å². The second-order valence-electron chi connectivity index (χ2n) is 4.46. The molecule has 1 rings (SSSR count). The Bertz CT molecular complexity index is 201. The number of hydrogen-bond donors (Lipinski definition) is 1. The fourth-order valence-electron chi connectivity index (χ4n) is 1.75. The van der Waals surface area contributed by atoms with Gasteiger partial charge in [-0.2, -0.15) is 0 Å². The van der Waals surface area contributed by atoms with E-state index >= 15 is 0 Å². The molecule has 0 bridgehead atoms. The van der Waals surface area contributed by atoms with Crippen molar-refractivity contribution in [3.8, 4) is 0 Å². The quantitative estimate of drug-likeness (QED) is 0.740. The van der Waals surface area contributed by atoms with Gasteiger partial charge in [0, 0.05) is 32.6 Å². The Hall–Kier alpha value is -0.610. The molecule has 0 spiro atoms. The summed E-state index contributed by atoms with van der Waals surface area (Å²) in [5.74, 6) is 0.527. The highest BCUT2D eigenvalue weighted by atomic mass is 16.5. The molecule has 1 amide bonds. The van der Waals surface area contributed by atoms with Crippen molar-refractivity contribution in [2.24, 2.45) is 5.92 Å². The molecular weight excluding hydrogens is 192 g/mol. The van der Waals surface area contributed by atoms with E-state index in [1.807, 2.05) is 0 Å². The first-order valence-corrected chi connectivity index (χ1v) is 5.67. The number of rotatable bonds is 4. The Labute approximate surface area is 92.0 Å². The van der Waals surface area contributed by atoms with Gasteiger partial charge >= 0.3 is 0 Å². The topological polar surface area (TPSA) is 41.6 Å². The lowest BCUT2D eigenvalue weighted by Gasteiger charge is -2.32. The molecule has 1 aliphatic heterocycles. The summed E-state index contributed by atoms with van der Waals surface area (Å²) in [5, 5.41) is 3.01. The van der Waals surface area contributed by atoms with Crippen LogP contribution in [0.4, 0.5) is 0 Å². The summed E-state index contributed by atoms with van der Waals surface area (Å²) < 4.78 is 5.29. The summed E-state index contributed by atoms with van der Waals surface area (Å²) in [5.41, 5.74) is 0. The summed E-state index contributed by atoms with van der Waals surface area (Å²) in [6.07, 6.45) is 0. The van der Waals surface area contributed by atoms with Crippen molar-refractivity contribution in [2.75, 3.05) is 32.8 Å². The monoisotopic (exact) mass is 214 g/mol. The van der Waals surface area contributed by atoms with E-state index in [1.54, 1.807) is 6.92 Å². The molecule has 88 valence electrons. The van der Waals surface area contributed by atoms with Crippen molar-refractivity contribution in [3.05, 3.63) is 0 Å². The average Bonchev–Trinajstić information content (AvgIpc) is 2.17.